The Balaban J connectivity index is 0.00000364. The maximum Gasteiger partial charge on any atom is 0.191 e. The van der Waals surface area contributed by atoms with Crippen molar-refractivity contribution in [3.63, 3.8) is 0 Å². The fraction of sp³-hybridized carbons (Fsp3) is 0.950. The van der Waals surface area contributed by atoms with Crippen molar-refractivity contribution in [2.45, 2.75) is 52.5 Å². The van der Waals surface area contributed by atoms with Crippen LogP contribution in [0.3, 0.4) is 0 Å². The van der Waals surface area contributed by atoms with Crippen molar-refractivity contribution < 1.29 is 4.74 Å². The van der Waals surface area contributed by atoms with Gasteiger partial charge < -0.3 is 20.3 Å². The van der Waals surface area contributed by atoms with Crippen LogP contribution in [0.1, 0.15) is 47.0 Å². The van der Waals surface area contributed by atoms with E-state index in [4.69, 9.17) is 9.73 Å². The van der Waals surface area contributed by atoms with E-state index in [1.165, 1.54) is 38.9 Å². The van der Waals surface area contributed by atoms with Crippen molar-refractivity contribution >= 4 is 29.9 Å². The summed E-state index contributed by atoms with van der Waals surface area (Å²) in [6, 6.07) is 0. The van der Waals surface area contributed by atoms with Crippen molar-refractivity contribution in [2.75, 3.05) is 65.6 Å². The monoisotopic (exact) mass is 495 g/mol. The van der Waals surface area contributed by atoms with Gasteiger partial charge in [-0.25, -0.2) is 0 Å². The van der Waals surface area contributed by atoms with Crippen molar-refractivity contribution in [2.24, 2.45) is 10.9 Å². The average Bonchev–Trinajstić information content (AvgIpc) is 2.66. The lowest BCUT2D eigenvalue weighted by atomic mass is 9.97. The van der Waals surface area contributed by atoms with E-state index in [2.05, 4.69) is 48.1 Å². The molecule has 0 spiro atoms. The third kappa shape index (κ3) is 8.83. The number of hydrogen-bond acceptors (Lipinski definition) is 4. The van der Waals surface area contributed by atoms with Gasteiger partial charge in [-0.05, 0) is 65.6 Å². The zero-order chi connectivity index (χ0) is 18.8. The lowest BCUT2D eigenvalue weighted by molar-refractivity contribution is -0.00684. The normalized spacial score (nSPS) is 21.0. The first-order chi connectivity index (χ1) is 12.5. The molecule has 2 aliphatic rings. The van der Waals surface area contributed by atoms with Crippen LogP contribution in [-0.4, -0.2) is 86.9 Å². The molecule has 27 heavy (non-hydrogen) atoms. The Morgan fingerprint density at radius 1 is 1.07 bits per heavy atom. The Hall–Kier alpha value is -0.120. The molecule has 2 fully saturated rings. The highest BCUT2D eigenvalue weighted by molar-refractivity contribution is 14.0. The molecule has 6 nitrogen and oxygen atoms in total. The zero-order valence-electron chi connectivity index (χ0n) is 17.9. The molecule has 0 unspecified atom stereocenters. The molecule has 0 aromatic heterocycles. The Kier molecular flexibility index (Phi) is 12.2. The topological polar surface area (TPSA) is 52.1 Å². The Bertz CT molecular complexity index is 419. The summed E-state index contributed by atoms with van der Waals surface area (Å²) < 4.78 is 5.48. The van der Waals surface area contributed by atoms with E-state index in [0.717, 1.165) is 57.8 Å². The summed E-state index contributed by atoms with van der Waals surface area (Å²) in [6.07, 6.45) is 3.86. The van der Waals surface area contributed by atoms with Crippen LogP contribution in [-0.2, 0) is 4.74 Å². The molecule has 0 aromatic carbocycles. The van der Waals surface area contributed by atoms with Gasteiger partial charge in [0.05, 0.1) is 19.8 Å². The number of guanidine groups is 1. The number of nitrogens with one attached hydrogen (secondary N) is 2. The van der Waals surface area contributed by atoms with Gasteiger partial charge in [-0.15, -0.1) is 24.0 Å². The largest absolute Gasteiger partial charge is 0.379 e. The number of morpholine rings is 1. The number of ether oxygens (including phenoxy) is 1. The van der Waals surface area contributed by atoms with Gasteiger partial charge in [-0.3, -0.25) is 9.89 Å². The van der Waals surface area contributed by atoms with E-state index in [1.807, 2.05) is 0 Å². The predicted molar refractivity (Wildman–Crippen MR) is 125 cm³/mol. The second-order valence-corrected chi connectivity index (χ2v) is 8.27. The maximum absolute atomic E-state index is 5.48. The van der Waals surface area contributed by atoms with Crippen LogP contribution >= 0.6 is 24.0 Å². The molecule has 0 radical (unpaired) electrons. The summed E-state index contributed by atoms with van der Waals surface area (Å²) in [5.41, 5.74) is 0.0671. The van der Waals surface area contributed by atoms with Crippen LogP contribution in [0.25, 0.3) is 0 Å². The van der Waals surface area contributed by atoms with Crippen molar-refractivity contribution in [1.29, 1.82) is 0 Å². The van der Waals surface area contributed by atoms with Crippen molar-refractivity contribution in [3.8, 4) is 0 Å². The summed E-state index contributed by atoms with van der Waals surface area (Å²) in [4.78, 5) is 9.98. The highest BCUT2D eigenvalue weighted by Gasteiger charge is 2.28. The molecular formula is C20H42IN5O. The zero-order valence-corrected chi connectivity index (χ0v) is 20.3. The minimum absolute atomic E-state index is 0. The van der Waals surface area contributed by atoms with Gasteiger partial charge >= 0.3 is 0 Å². The smallest absolute Gasteiger partial charge is 0.191 e. The molecule has 2 rings (SSSR count). The lowest BCUT2D eigenvalue weighted by Crippen LogP contribution is -2.52. The number of halogens is 1. The molecule has 2 aliphatic heterocycles. The second-order valence-electron chi connectivity index (χ2n) is 8.27. The third-order valence-electron chi connectivity index (χ3n) is 5.64. The van der Waals surface area contributed by atoms with Gasteiger partial charge in [0.1, 0.15) is 0 Å². The van der Waals surface area contributed by atoms with Gasteiger partial charge in [0.15, 0.2) is 5.96 Å². The molecule has 0 saturated carbocycles. The first kappa shape index (κ1) is 24.9. The quantitative estimate of drug-likeness (QED) is 0.308. The maximum atomic E-state index is 5.48. The number of aliphatic imine (C=N–C) groups is 1. The average molecular weight is 495 g/mol. The minimum Gasteiger partial charge on any atom is -0.379 e. The van der Waals surface area contributed by atoms with Gasteiger partial charge in [0.25, 0.3) is 0 Å². The number of hydrogen-bond donors (Lipinski definition) is 2. The van der Waals surface area contributed by atoms with E-state index in [9.17, 15) is 0 Å². The highest BCUT2D eigenvalue weighted by Crippen LogP contribution is 2.17. The Labute approximate surface area is 183 Å². The van der Waals surface area contributed by atoms with E-state index >= 15 is 0 Å². The molecule has 0 bridgehead atoms. The predicted octanol–water partition coefficient (Wildman–Crippen LogP) is 2.39. The number of nitrogens with zero attached hydrogens (tertiary/aromatic N) is 3. The van der Waals surface area contributed by atoms with E-state index < -0.39 is 0 Å². The van der Waals surface area contributed by atoms with Crippen LogP contribution < -0.4 is 10.6 Å². The standard InChI is InChI=1S/C20H41N5O.HI/c1-5-9-24-10-7-18(8-11-24)16-22-19(21-6-2)23-17-20(3,4)25-12-14-26-15-13-25;/h18H,5-17H2,1-4H3,(H2,21,22,23);1H. The summed E-state index contributed by atoms with van der Waals surface area (Å²) in [5.74, 6) is 1.73. The van der Waals surface area contributed by atoms with Crippen LogP contribution in [0, 0.1) is 5.92 Å². The van der Waals surface area contributed by atoms with Gasteiger partial charge in [0, 0.05) is 31.7 Å². The number of rotatable bonds is 8. The number of piperidine rings is 1. The van der Waals surface area contributed by atoms with Crippen LogP contribution in [0.5, 0.6) is 0 Å². The Morgan fingerprint density at radius 2 is 1.74 bits per heavy atom. The molecule has 2 N–H and O–H groups in total. The summed E-state index contributed by atoms with van der Waals surface area (Å²) in [5, 5.41) is 7.00. The molecule has 0 atom stereocenters. The summed E-state index contributed by atoms with van der Waals surface area (Å²) in [6.45, 7) is 19.1. The van der Waals surface area contributed by atoms with Crippen molar-refractivity contribution in [1.82, 2.24) is 20.4 Å². The molecule has 0 aromatic rings. The molecule has 0 amide bonds. The first-order valence-corrected chi connectivity index (χ1v) is 10.6. The Morgan fingerprint density at radius 3 is 2.33 bits per heavy atom. The van der Waals surface area contributed by atoms with Gasteiger partial charge in [-0.1, -0.05) is 6.92 Å². The lowest BCUT2D eigenvalue weighted by Gasteiger charge is -2.40. The van der Waals surface area contributed by atoms with E-state index in [1.54, 1.807) is 0 Å². The van der Waals surface area contributed by atoms with Gasteiger partial charge in [-0.2, -0.15) is 0 Å². The third-order valence-corrected chi connectivity index (χ3v) is 5.64. The van der Waals surface area contributed by atoms with Crippen LogP contribution in [0.2, 0.25) is 0 Å². The SMILES string of the molecule is CCCN1CCC(CNC(=NCC(C)(C)N2CCOCC2)NCC)CC1.I. The van der Waals surface area contributed by atoms with E-state index in [0.29, 0.717) is 0 Å². The van der Waals surface area contributed by atoms with E-state index in [-0.39, 0.29) is 29.5 Å². The summed E-state index contributed by atoms with van der Waals surface area (Å²) in [7, 11) is 0. The van der Waals surface area contributed by atoms with Crippen molar-refractivity contribution in [3.05, 3.63) is 0 Å². The molecule has 160 valence electrons. The fourth-order valence-electron chi connectivity index (χ4n) is 3.85. The summed E-state index contributed by atoms with van der Waals surface area (Å²) >= 11 is 0. The second kappa shape index (κ2) is 13.2. The fourth-order valence-corrected chi connectivity index (χ4v) is 3.85. The highest BCUT2D eigenvalue weighted by atomic mass is 127. The van der Waals surface area contributed by atoms with Crippen LogP contribution in [0.4, 0.5) is 0 Å². The molecule has 2 heterocycles. The first-order valence-electron chi connectivity index (χ1n) is 10.6. The van der Waals surface area contributed by atoms with Crippen LogP contribution in [0.15, 0.2) is 4.99 Å². The molecular weight excluding hydrogens is 453 g/mol. The van der Waals surface area contributed by atoms with Gasteiger partial charge in [0.2, 0.25) is 0 Å². The number of likely N-dealkylation sites (tertiary alicyclic amines) is 1. The minimum atomic E-state index is 0. The molecule has 7 heteroatoms. The molecule has 2 saturated heterocycles. The molecule has 0 aliphatic carbocycles.